The van der Waals surface area contributed by atoms with Crippen LogP contribution >= 0.6 is 0 Å². The number of hydrogen-bond acceptors (Lipinski definition) is 3. The van der Waals surface area contributed by atoms with Crippen LogP contribution in [0, 0.1) is 12.3 Å². The van der Waals surface area contributed by atoms with E-state index in [4.69, 9.17) is 11.2 Å². The van der Waals surface area contributed by atoms with Crippen LogP contribution < -0.4 is 10.6 Å². The van der Waals surface area contributed by atoms with E-state index in [1.54, 1.807) is 6.92 Å². The van der Waals surface area contributed by atoms with E-state index < -0.39 is 6.10 Å². The fourth-order valence-electron chi connectivity index (χ4n) is 1.38. The highest BCUT2D eigenvalue weighted by atomic mass is 16.5. The van der Waals surface area contributed by atoms with Crippen LogP contribution in [0.4, 0.5) is 0 Å². The lowest BCUT2D eigenvalue weighted by Gasteiger charge is -2.16. The number of rotatable bonds is 4. The van der Waals surface area contributed by atoms with E-state index in [0.29, 0.717) is 0 Å². The number of amides is 1. The van der Waals surface area contributed by atoms with E-state index in [1.807, 2.05) is 0 Å². The first-order chi connectivity index (χ1) is 6.74. The zero-order valence-corrected chi connectivity index (χ0v) is 8.38. The summed E-state index contributed by atoms with van der Waals surface area (Å²) in [5.41, 5.74) is 0. The van der Waals surface area contributed by atoms with Crippen molar-refractivity contribution < 1.29 is 9.53 Å². The van der Waals surface area contributed by atoms with Crippen molar-refractivity contribution in [2.75, 3.05) is 19.6 Å². The summed E-state index contributed by atoms with van der Waals surface area (Å²) in [5.74, 6) is 2.20. The third-order valence-corrected chi connectivity index (χ3v) is 2.15. The van der Waals surface area contributed by atoms with Gasteiger partial charge in [-0.1, -0.05) is 5.92 Å². The van der Waals surface area contributed by atoms with Crippen LogP contribution in [0.25, 0.3) is 0 Å². The Bertz CT molecular complexity index is 229. The second-order valence-corrected chi connectivity index (χ2v) is 3.32. The first-order valence-electron chi connectivity index (χ1n) is 4.81. The zero-order valence-electron chi connectivity index (χ0n) is 8.38. The molecule has 0 aromatic carbocycles. The minimum atomic E-state index is -0.423. The number of carbonyl (C=O) groups is 1. The summed E-state index contributed by atoms with van der Waals surface area (Å²) in [6.07, 6.45) is 5.72. The Labute approximate surface area is 84.4 Å². The second kappa shape index (κ2) is 5.63. The Morgan fingerprint density at radius 1 is 1.86 bits per heavy atom. The number of nitrogens with one attached hydrogen (secondary N) is 2. The van der Waals surface area contributed by atoms with Crippen LogP contribution in [0.3, 0.4) is 0 Å². The highest BCUT2D eigenvalue weighted by molar-refractivity contribution is 5.80. The molecule has 0 aromatic rings. The van der Waals surface area contributed by atoms with Gasteiger partial charge >= 0.3 is 0 Å². The Morgan fingerprint density at radius 2 is 2.64 bits per heavy atom. The first kappa shape index (κ1) is 11.0. The van der Waals surface area contributed by atoms with Gasteiger partial charge in [0.05, 0.1) is 12.6 Å². The molecule has 1 heterocycles. The van der Waals surface area contributed by atoms with E-state index in [-0.39, 0.29) is 18.6 Å². The van der Waals surface area contributed by atoms with E-state index in [1.165, 1.54) is 0 Å². The van der Waals surface area contributed by atoms with Crippen molar-refractivity contribution in [3.63, 3.8) is 0 Å². The number of hydrogen-bond donors (Lipinski definition) is 2. The lowest BCUT2D eigenvalue weighted by atomic mass is 10.3. The molecule has 4 heteroatoms. The van der Waals surface area contributed by atoms with E-state index in [0.717, 1.165) is 19.5 Å². The molecule has 1 aliphatic rings. The van der Waals surface area contributed by atoms with Crippen molar-refractivity contribution in [2.45, 2.75) is 25.6 Å². The summed E-state index contributed by atoms with van der Waals surface area (Å²) < 4.78 is 5.53. The third-order valence-electron chi connectivity index (χ3n) is 2.15. The summed E-state index contributed by atoms with van der Waals surface area (Å²) in [7, 11) is 0. The van der Waals surface area contributed by atoms with Crippen LogP contribution in [0.2, 0.25) is 0 Å². The monoisotopic (exact) mass is 196 g/mol. The van der Waals surface area contributed by atoms with Crippen molar-refractivity contribution in [3.8, 4) is 12.3 Å². The Kier molecular flexibility index (Phi) is 4.44. The molecule has 0 bridgehead atoms. The molecule has 14 heavy (non-hydrogen) atoms. The van der Waals surface area contributed by atoms with Crippen LogP contribution in [-0.2, 0) is 9.53 Å². The Hall–Kier alpha value is -1.05. The van der Waals surface area contributed by atoms with Crippen molar-refractivity contribution in [1.82, 2.24) is 10.6 Å². The SMILES string of the molecule is C#CCNC(=O)C(C)OC1CCNC1. The Balaban J connectivity index is 2.22. The van der Waals surface area contributed by atoms with Crippen LogP contribution in [-0.4, -0.2) is 37.7 Å². The van der Waals surface area contributed by atoms with E-state index in [9.17, 15) is 4.79 Å². The highest BCUT2D eigenvalue weighted by Gasteiger charge is 2.21. The minimum Gasteiger partial charge on any atom is -0.364 e. The van der Waals surface area contributed by atoms with Crippen molar-refractivity contribution in [2.24, 2.45) is 0 Å². The van der Waals surface area contributed by atoms with Gasteiger partial charge in [-0.15, -0.1) is 6.42 Å². The normalized spacial score (nSPS) is 22.7. The molecule has 0 aliphatic carbocycles. The average Bonchev–Trinajstić information content (AvgIpc) is 2.66. The van der Waals surface area contributed by atoms with Gasteiger partial charge in [-0.05, 0) is 19.9 Å². The topological polar surface area (TPSA) is 50.4 Å². The fourth-order valence-corrected chi connectivity index (χ4v) is 1.38. The maximum atomic E-state index is 11.3. The molecule has 0 saturated carbocycles. The number of ether oxygens (including phenoxy) is 1. The van der Waals surface area contributed by atoms with Gasteiger partial charge in [0.2, 0.25) is 5.91 Å². The molecule has 78 valence electrons. The predicted octanol–water partition coefficient (Wildman–Crippen LogP) is -0.497. The molecule has 0 spiro atoms. The van der Waals surface area contributed by atoms with Gasteiger partial charge < -0.3 is 15.4 Å². The van der Waals surface area contributed by atoms with Gasteiger partial charge in [0.25, 0.3) is 0 Å². The van der Waals surface area contributed by atoms with E-state index >= 15 is 0 Å². The number of terminal acetylenes is 1. The molecular weight excluding hydrogens is 180 g/mol. The molecule has 1 saturated heterocycles. The summed E-state index contributed by atoms with van der Waals surface area (Å²) in [4.78, 5) is 11.3. The van der Waals surface area contributed by atoms with Gasteiger partial charge in [-0.3, -0.25) is 4.79 Å². The predicted molar refractivity (Wildman–Crippen MR) is 53.7 cm³/mol. The molecule has 0 radical (unpaired) electrons. The smallest absolute Gasteiger partial charge is 0.249 e. The molecule has 1 rings (SSSR count). The van der Waals surface area contributed by atoms with Crippen molar-refractivity contribution in [1.29, 1.82) is 0 Å². The minimum absolute atomic E-state index is 0.144. The standard InChI is InChI=1S/C10H16N2O2/c1-3-5-12-10(13)8(2)14-9-4-6-11-7-9/h1,8-9,11H,4-7H2,2H3,(H,12,13). The summed E-state index contributed by atoms with van der Waals surface area (Å²) >= 11 is 0. The van der Waals surface area contributed by atoms with Gasteiger partial charge in [0, 0.05) is 6.54 Å². The quantitative estimate of drug-likeness (QED) is 0.596. The average molecular weight is 196 g/mol. The largest absolute Gasteiger partial charge is 0.364 e. The van der Waals surface area contributed by atoms with Crippen LogP contribution in [0.1, 0.15) is 13.3 Å². The summed E-state index contributed by atoms with van der Waals surface area (Å²) in [6, 6.07) is 0. The molecule has 4 nitrogen and oxygen atoms in total. The summed E-state index contributed by atoms with van der Waals surface area (Å²) in [6.45, 7) is 3.79. The van der Waals surface area contributed by atoms with Crippen LogP contribution in [0.5, 0.6) is 0 Å². The fraction of sp³-hybridized carbons (Fsp3) is 0.700. The van der Waals surface area contributed by atoms with Gasteiger partial charge in [-0.2, -0.15) is 0 Å². The van der Waals surface area contributed by atoms with Crippen LogP contribution in [0.15, 0.2) is 0 Å². The lowest BCUT2D eigenvalue weighted by molar-refractivity contribution is -0.134. The van der Waals surface area contributed by atoms with Gasteiger partial charge in [0.15, 0.2) is 0 Å². The lowest BCUT2D eigenvalue weighted by Crippen LogP contribution is -2.37. The van der Waals surface area contributed by atoms with E-state index in [2.05, 4.69) is 16.6 Å². The molecule has 2 unspecified atom stereocenters. The molecule has 1 aliphatic heterocycles. The zero-order chi connectivity index (χ0) is 10.4. The van der Waals surface area contributed by atoms with Crippen molar-refractivity contribution >= 4 is 5.91 Å². The molecule has 2 N–H and O–H groups in total. The maximum absolute atomic E-state index is 11.3. The summed E-state index contributed by atoms with van der Waals surface area (Å²) in [5, 5.41) is 5.76. The van der Waals surface area contributed by atoms with Gasteiger partial charge in [-0.25, -0.2) is 0 Å². The second-order valence-electron chi connectivity index (χ2n) is 3.32. The molecule has 0 aromatic heterocycles. The molecular formula is C10H16N2O2. The number of carbonyl (C=O) groups excluding carboxylic acids is 1. The van der Waals surface area contributed by atoms with Gasteiger partial charge in [0.1, 0.15) is 6.10 Å². The molecule has 2 atom stereocenters. The maximum Gasteiger partial charge on any atom is 0.249 e. The molecule has 1 amide bonds. The Morgan fingerprint density at radius 3 is 3.21 bits per heavy atom. The third kappa shape index (κ3) is 3.36. The molecule has 1 fully saturated rings. The van der Waals surface area contributed by atoms with Crippen molar-refractivity contribution in [3.05, 3.63) is 0 Å². The highest BCUT2D eigenvalue weighted by Crippen LogP contribution is 2.06. The first-order valence-corrected chi connectivity index (χ1v) is 4.81.